The summed E-state index contributed by atoms with van der Waals surface area (Å²) in [5.74, 6) is 0.785. The molecule has 1 aromatic carbocycles. The summed E-state index contributed by atoms with van der Waals surface area (Å²) in [6, 6.07) is 4.10. The van der Waals surface area contributed by atoms with Crippen molar-refractivity contribution in [2.24, 2.45) is 5.92 Å². The molecule has 20 heavy (non-hydrogen) atoms. The Hall–Kier alpha value is -1.48. The molecule has 2 heterocycles. The molecule has 4 rings (SSSR count). The lowest BCUT2D eigenvalue weighted by molar-refractivity contribution is -0.117. The van der Waals surface area contributed by atoms with Crippen molar-refractivity contribution in [2.75, 3.05) is 11.9 Å². The zero-order valence-corrected chi connectivity index (χ0v) is 12.2. The van der Waals surface area contributed by atoms with Crippen LogP contribution < -0.4 is 10.6 Å². The van der Waals surface area contributed by atoms with E-state index < -0.39 is 0 Å². The van der Waals surface area contributed by atoms with E-state index in [1.54, 1.807) is 0 Å². The highest BCUT2D eigenvalue weighted by Crippen LogP contribution is 2.57. The Labute approximate surface area is 123 Å². The third kappa shape index (κ3) is 1.62. The number of rotatable bonds is 1. The van der Waals surface area contributed by atoms with E-state index in [-0.39, 0.29) is 11.3 Å². The molecular weight excluding hydrogens is 272 g/mol. The van der Waals surface area contributed by atoms with Gasteiger partial charge in [-0.3, -0.25) is 4.79 Å². The van der Waals surface area contributed by atoms with Crippen molar-refractivity contribution in [1.29, 1.82) is 0 Å². The van der Waals surface area contributed by atoms with Crippen molar-refractivity contribution in [3.8, 4) is 0 Å². The van der Waals surface area contributed by atoms with Crippen molar-refractivity contribution in [3.63, 3.8) is 0 Å². The van der Waals surface area contributed by atoms with Gasteiger partial charge in [0.2, 0.25) is 5.91 Å². The SMILES string of the molecule is C[C@H]1CC=C(c2cc(Cl)c3c(c2)C2(CC2)C(=O)N3)NC1. The maximum Gasteiger partial charge on any atom is 0.235 e. The summed E-state index contributed by atoms with van der Waals surface area (Å²) in [7, 11) is 0. The molecule has 0 aromatic heterocycles. The van der Waals surface area contributed by atoms with E-state index in [2.05, 4.69) is 29.7 Å². The second-order valence-corrected chi connectivity index (χ2v) is 6.66. The highest BCUT2D eigenvalue weighted by atomic mass is 35.5. The average Bonchev–Trinajstić information content (AvgIpc) is 3.17. The van der Waals surface area contributed by atoms with Gasteiger partial charge in [0.15, 0.2) is 0 Å². The minimum absolute atomic E-state index is 0.116. The lowest BCUT2D eigenvalue weighted by atomic mass is 9.93. The van der Waals surface area contributed by atoms with Gasteiger partial charge in [0.25, 0.3) is 0 Å². The van der Waals surface area contributed by atoms with Gasteiger partial charge in [-0.05, 0) is 48.4 Å². The molecule has 3 aliphatic rings. The summed E-state index contributed by atoms with van der Waals surface area (Å²) in [6.45, 7) is 3.22. The van der Waals surface area contributed by atoms with Crippen LogP contribution in [0.5, 0.6) is 0 Å². The number of amides is 1. The Balaban J connectivity index is 1.79. The summed E-state index contributed by atoms with van der Waals surface area (Å²) in [5, 5.41) is 7.05. The van der Waals surface area contributed by atoms with Crippen LogP contribution in [0.4, 0.5) is 5.69 Å². The largest absolute Gasteiger partial charge is 0.385 e. The number of nitrogens with one attached hydrogen (secondary N) is 2. The van der Waals surface area contributed by atoms with Gasteiger partial charge >= 0.3 is 0 Å². The zero-order valence-electron chi connectivity index (χ0n) is 11.4. The molecule has 104 valence electrons. The Morgan fingerprint density at radius 3 is 2.80 bits per heavy atom. The molecular formula is C16H17ClN2O. The van der Waals surface area contributed by atoms with Crippen LogP contribution in [-0.4, -0.2) is 12.5 Å². The van der Waals surface area contributed by atoms with E-state index >= 15 is 0 Å². The summed E-state index contributed by atoms with van der Waals surface area (Å²) in [5.41, 5.74) is 3.87. The van der Waals surface area contributed by atoms with E-state index in [0.29, 0.717) is 10.9 Å². The number of carbonyl (C=O) groups excluding carboxylic acids is 1. The molecule has 4 heteroatoms. The maximum atomic E-state index is 12.1. The third-order valence-corrected chi connectivity index (χ3v) is 5.00. The first-order chi connectivity index (χ1) is 9.60. The molecule has 0 bridgehead atoms. The summed E-state index contributed by atoms with van der Waals surface area (Å²) in [4.78, 5) is 12.1. The topological polar surface area (TPSA) is 41.1 Å². The summed E-state index contributed by atoms with van der Waals surface area (Å²) < 4.78 is 0. The quantitative estimate of drug-likeness (QED) is 0.832. The van der Waals surface area contributed by atoms with E-state index in [1.165, 1.54) is 0 Å². The smallest absolute Gasteiger partial charge is 0.235 e. The Kier molecular flexibility index (Phi) is 2.46. The molecule has 1 fully saturated rings. The first-order valence-electron chi connectivity index (χ1n) is 7.20. The van der Waals surface area contributed by atoms with Crippen LogP contribution >= 0.6 is 11.6 Å². The number of hydrogen-bond donors (Lipinski definition) is 2. The van der Waals surface area contributed by atoms with E-state index in [0.717, 1.165) is 48.3 Å². The molecule has 2 aliphatic heterocycles. The van der Waals surface area contributed by atoms with E-state index in [1.807, 2.05) is 6.07 Å². The Morgan fingerprint density at radius 2 is 2.15 bits per heavy atom. The third-order valence-electron chi connectivity index (χ3n) is 4.71. The highest BCUT2D eigenvalue weighted by Gasteiger charge is 2.56. The van der Waals surface area contributed by atoms with Crippen LogP contribution in [-0.2, 0) is 10.2 Å². The maximum absolute atomic E-state index is 12.1. The standard InChI is InChI=1S/C16H17ClN2O/c1-9-2-3-13(18-8-9)10-6-11-14(12(17)7-10)19-15(20)16(11)4-5-16/h3,6-7,9,18H,2,4-5,8H2,1H3,(H,19,20)/t9-/m0/s1. The van der Waals surface area contributed by atoms with Crippen molar-refractivity contribution in [1.82, 2.24) is 5.32 Å². The molecule has 1 aromatic rings. The normalized spacial score (nSPS) is 25.8. The second-order valence-electron chi connectivity index (χ2n) is 6.26. The number of halogens is 1. The highest BCUT2D eigenvalue weighted by molar-refractivity contribution is 6.35. The van der Waals surface area contributed by atoms with Gasteiger partial charge in [-0.2, -0.15) is 0 Å². The van der Waals surface area contributed by atoms with Crippen LogP contribution in [0, 0.1) is 5.92 Å². The van der Waals surface area contributed by atoms with Crippen molar-refractivity contribution < 1.29 is 4.79 Å². The molecule has 0 radical (unpaired) electrons. The van der Waals surface area contributed by atoms with Crippen LogP contribution in [0.25, 0.3) is 5.70 Å². The fraction of sp³-hybridized carbons (Fsp3) is 0.438. The predicted octanol–water partition coefficient (Wildman–Crippen LogP) is 3.29. The zero-order chi connectivity index (χ0) is 13.9. The summed E-state index contributed by atoms with van der Waals surface area (Å²) >= 11 is 6.37. The molecule has 1 spiro atoms. The van der Waals surface area contributed by atoms with Gasteiger partial charge in [-0.1, -0.05) is 24.6 Å². The first kappa shape index (κ1) is 12.3. The van der Waals surface area contributed by atoms with Gasteiger partial charge < -0.3 is 10.6 Å². The van der Waals surface area contributed by atoms with Crippen LogP contribution in [0.2, 0.25) is 5.02 Å². The average molecular weight is 289 g/mol. The molecule has 1 atom stereocenters. The number of hydrogen-bond acceptors (Lipinski definition) is 2. The molecule has 0 unspecified atom stereocenters. The number of fused-ring (bicyclic) bond motifs is 2. The van der Waals surface area contributed by atoms with Crippen LogP contribution in [0.15, 0.2) is 18.2 Å². The van der Waals surface area contributed by atoms with Gasteiger partial charge in [-0.15, -0.1) is 0 Å². The molecule has 3 nitrogen and oxygen atoms in total. The molecule has 2 N–H and O–H groups in total. The van der Waals surface area contributed by atoms with E-state index in [4.69, 9.17) is 11.6 Å². The minimum Gasteiger partial charge on any atom is -0.385 e. The van der Waals surface area contributed by atoms with Gasteiger partial charge in [0, 0.05) is 12.2 Å². The molecule has 1 aliphatic carbocycles. The first-order valence-corrected chi connectivity index (χ1v) is 7.58. The predicted molar refractivity (Wildman–Crippen MR) is 80.8 cm³/mol. The Bertz CT molecular complexity index is 646. The number of carbonyl (C=O) groups is 1. The second kappa shape index (κ2) is 4.01. The van der Waals surface area contributed by atoms with Gasteiger partial charge in [0.1, 0.15) is 0 Å². The van der Waals surface area contributed by atoms with Crippen molar-refractivity contribution >= 4 is 28.9 Å². The molecule has 0 saturated heterocycles. The van der Waals surface area contributed by atoms with Crippen molar-refractivity contribution in [3.05, 3.63) is 34.4 Å². The van der Waals surface area contributed by atoms with Gasteiger partial charge in [-0.25, -0.2) is 0 Å². The Morgan fingerprint density at radius 1 is 1.35 bits per heavy atom. The molecule has 1 saturated carbocycles. The van der Waals surface area contributed by atoms with E-state index in [9.17, 15) is 4.79 Å². The van der Waals surface area contributed by atoms with Crippen molar-refractivity contribution in [2.45, 2.75) is 31.6 Å². The fourth-order valence-corrected chi connectivity index (χ4v) is 3.49. The number of allylic oxidation sites excluding steroid dienone is 1. The monoisotopic (exact) mass is 288 g/mol. The minimum atomic E-state index is -0.280. The summed E-state index contributed by atoms with van der Waals surface area (Å²) in [6.07, 6.45) is 5.19. The number of benzene rings is 1. The fourth-order valence-electron chi connectivity index (χ4n) is 3.22. The number of anilines is 1. The van der Waals surface area contributed by atoms with Gasteiger partial charge in [0.05, 0.1) is 16.1 Å². The lowest BCUT2D eigenvalue weighted by Gasteiger charge is -2.22. The molecule has 1 amide bonds. The lowest BCUT2D eigenvalue weighted by Crippen LogP contribution is -2.24. The van der Waals surface area contributed by atoms with Crippen LogP contribution in [0.1, 0.15) is 37.3 Å². The van der Waals surface area contributed by atoms with Crippen LogP contribution in [0.3, 0.4) is 0 Å².